The molecule has 0 saturated carbocycles. The summed E-state index contributed by atoms with van der Waals surface area (Å²) in [5, 5.41) is 3.36. The summed E-state index contributed by atoms with van der Waals surface area (Å²) in [6, 6.07) is 18.8. The molecule has 0 spiro atoms. The normalized spacial score (nSPS) is 11.8. The third kappa shape index (κ3) is 4.08. The van der Waals surface area contributed by atoms with Crippen LogP contribution in [0.4, 0.5) is 11.4 Å². The van der Waals surface area contributed by atoms with E-state index >= 15 is 0 Å². The minimum absolute atomic E-state index is 0.207. The van der Waals surface area contributed by atoms with Crippen LogP contribution in [-0.2, 0) is 0 Å². The molecule has 0 saturated heterocycles. The molecule has 0 fully saturated rings. The Hall–Kier alpha value is -1.87. The zero-order valence-electron chi connectivity index (χ0n) is 13.5. The number of nitrogens with one attached hydrogen (secondary N) is 1. The lowest BCUT2D eigenvalue weighted by Crippen LogP contribution is -2.21. The maximum Gasteiger partial charge on any atom is 0.0870 e. The fourth-order valence-corrected chi connectivity index (χ4v) is 2.74. The second kappa shape index (κ2) is 7.95. The standard InChI is InChI=1S/C19H24N2S/c1-4-21(5-2)18-13-11-17(12-14-18)20-19(22)15(3)16-9-7-6-8-10-16/h6-15H,4-5H2,1-3H3,(H,20,22). The molecule has 0 radical (unpaired) electrons. The molecular weight excluding hydrogens is 288 g/mol. The summed E-state index contributed by atoms with van der Waals surface area (Å²) >= 11 is 5.55. The molecule has 2 aromatic carbocycles. The van der Waals surface area contributed by atoms with Gasteiger partial charge in [-0.1, -0.05) is 49.5 Å². The van der Waals surface area contributed by atoms with Crippen molar-refractivity contribution in [1.29, 1.82) is 0 Å². The second-order valence-electron chi connectivity index (χ2n) is 5.34. The number of nitrogens with zero attached hydrogens (tertiary/aromatic N) is 1. The van der Waals surface area contributed by atoms with Crippen molar-refractivity contribution in [3.05, 3.63) is 60.2 Å². The average molecular weight is 312 g/mol. The van der Waals surface area contributed by atoms with Gasteiger partial charge < -0.3 is 10.2 Å². The molecule has 116 valence electrons. The third-order valence-corrected chi connectivity index (χ3v) is 4.41. The largest absolute Gasteiger partial charge is 0.372 e. The highest BCUT2D eigenvalue weighted by molar-refractivity contribution is 7.80. The Labute approximate surface area is 139 Å². The van der Waals surface area contributed by atoms with Gasteiger partial charge in [-0.05, 0) is 43.7 Å². The number of hydrogen-bond donors (Lipinski definition) is 1. The number of hydrogen-bond acceptors (Lipinski definition) is 2. The monoisotopic (exact) mass is 312 g/mol. The summed E-state index contributed by atoms with van der Waals surface area (Å²) in [4.78, 5) is 3.18. The summed E-state index contributed by atoms with van der Waals surface area (Å²) in [6.07, 6.45) is 0. The molecule has 0 amide bonds. The van der Waals surface area contributed by atoms with E-state index in [0.717, 1.165) is 23.8 Å². The summed E-state index contributed by atoms with van der Waals surface area (Å²) in [5.41, 5.74) is 3.53. The molecule has 0 heterocycles. The van der Waals surface area contributed by atoms with Crippen molar-refractivity contribution in [2.24, 2.45) is 0 Å². The fourth-order valence-electron chi connectivity index (χ4n) is 2.49. The van der Waals surface area contributed by atoms with Crippen LogP contribution in [0.25, 0.3) is 0 Å². The highest BCUT2D eigenvalue weighted by Crippen LogP contribution is 2.21. The van der Waals surface area contributed by atoms with Crippen LogP contribution in [0.5, 0.6) is 0 Å². The summed E-state index contributed by atoms with van der Waals surface area (Å²) < 4.78 is 0. The SMILES string of the molecule is CCN(CC)c1ccc(NC(=S)C(C)c2ccccc2)cc1. The van der Waals surface area contributed by atoms with E-state index in [1.165, 1.54) is 11.3 Å². The van der Waals surface area contributed by atoms with Crippen LogP contribution < -0.4 is 10.2 Å². The predicted molar refractivity (Wildman–Crippen MR) is 101 cm³/mol. The van der Waals surface area contributed by atoms with Crippen LogP contribution in [0.15, 0.2) is 54.6 Å². The van der Waals surface area contributed by atoms with Crippen molar-refractivity contribution in [3.63, 3.8) is 0 Å². The molecule has 2 aromatic rings. The van der Waals surface area contributed by atoms with E-state index in [-0.39, 0.29) is 5.92 Å². The molecule has 1 atom stereocenters. The Bertz CT molecular complexity index is 589. The molecule has 0 aliphatic rings. The Balaban J connectivity index is 2.03. The van der Waals surface area contributed by atoms with Crippen LogP contribution >= 0.6 is 12.2 Å². The van der Waals surface area contributed by atoms with Gasteiger partial charge in [0.15, 0.2) is 0 Å². The van der Waals surface area contributed by atoms with Gasteiger partial charge in [0, 0.05) is 30.4 Å². The molecule has 0 bridgehead atoms. The van der Waals surface area contributed by atoms with Gasteiger partial charge in [0.2, 0.25) is 0 Å². The lowest BCUT2D eigenvalue weighted by atomic mass is 10.0. The minimum atomic E-state index is 0.207. The topological polar surface area (TPSA) is 15.3 Å². The quantitative estimate of drug-likeness (QED) is 0.749. The van der Waals surface area contributed by atoms with Gasteiger partial charge in [-0.2, -0.15) is 0 Å². The first-order chi connectivity index (χ1) is 10.7. The summed E-state index contributed by atoms with van der Waals surface area (Å²) in [6.45, 7) is 8.52. The van der Waals surface area contributed by atoms with Gasteiger partial charge >= 0.3 is 0 Å². The predicted octanol–water partition coefficient (Wildman–Crippen LogP) is 5.08. The second-order valence-corrected chi connectivity index (χ2v) is 5.78. The summed E-state index contributed by atoms with van der Waals surface area (Å²) in [7, 11) is 0. The van der Waals surface area contributed by atoms with Crippen molar-refractivity contribution in [2.45, 2.75) is 26.7 Å². The van der Waals surface area contributed by atoms with Gasteiger partial charge in [0.25, 0.3) is 0 Å². The van der Waals surface area contributed by atoms with Crippen LogP contribution in [-0.4, -0.2) is 18.1 Å². The molecule has 0 aliphatic carbocycles. The van der Waals surface area contributed by atoms with Crippen molar-refractivity contribution >= 4 is 28.6 Å². The van der Waals surface area contributed by atoms with Crippen LogP contribution in [0.2, 0.25) is 0 Å². The van der Waals surface area contributed by atoms with Gasteiger partial charge in [-0.3, -0.25) is 0 Å². The fraction of sp³-hybridized carbons (Fsp3) is 0.316. The highest BCUT2D eigenvalue weighted by Gasteiger charge is 2.11. The van der Waals surface area contributed by atoms with Crippen LogP contribution in [0.1, 0.15) is 32.3 Å². The average Bonchev–Trinajstić information content (AvgIpc) is 2.57. The lowest BCUT2D eigenvalue weighted by molar-refractivity contribution is 0.866. The molecule has 2 rings (SSSR count). The van der Waals surface area contributed by atoms with Crippen LogP contribution in [0, 0.1) is 0 Å². The number of benzene rings is 2. The third-order valence-electron chi connectivity index (χ3n) is 3.96. The Morgan fingerprint density at radius 2 is 1.59 bits per heavy atom. The first-order valence-corrected chi connectivity index (χ1v) is 8.27. The Morgan fingerprint density at radius 1 is 1.00 bits per heavy atom. The van der Waals surface area contributed by atoms with Gasteiger partial charge in [-0.25, -0.2) is 0 Å². The van der Waals surface area contributed by atoms with Crippen LogP contribution in [0.3, 0.4) is 0 Å². The van der Waals surface area contributed by atoms with E-state index in [4.69, 9.17) is 12.2 Å². The van der Waals surface area contributed by atoms with Crippen molar-refractivity contribution in [2.75, 3.05) is 23.3 Å². The van der Waals surface area contributed by atoms with E-state index in [2.05, 4.69) is 67.4 Å². The molecule has 1 N–H and O–H groups in total. The number of thiocarbonyl (C=S) groups is 1. The zero-order chi connectivity index (χ0) is 15.9. The molecule has 3 heteroatoms. The van der Waals surface area contributed by atoms with E-state index in [1.54, 1.807) is 0 Å². The molecule has 22 heavy (non-hydrogen) atoms. The summed E-state index contributed by atoms with van der Waals surface area (Å²) in [5.74, 6) is 0.207. The maximum atomic E-state index is 5.55. The minimum Gasteiger partial charge on any atom is -0.372 e. The molecule has 0 aromatic heterocycles. The van der Waals surface area contributed by atoms with Crippen molar-refractivity contribution in [3.8, 4) is 0 Å². The Morgan fingerprint density at radius 3 is 2.14 bits per heavy atom. The maximum absolute atomic E-state index is 5.55. The molecule has 1 unspecified atom stereocenters. The molecule has 2 nitrogen and oxygen atoms in total. The smallest absolute Gasteiger partial charge is 0.0870 e. The molecular formula is C19H24N2S. The van der Waals surface area contributed by atoms with Gasteiger partial charge in [0.1, 0.15) is 0 Å². The van der Waals surface area contributed by atoms with Crippen molar-refractivity contribution in [1.82, 2.24) is 0 Å². The highest BCUT2D eigenvalue weighted by atomic mass is 32.1. The van der Waals surface area contributed by atoms with E-state index in [9.17, 15) is 0 Å². The van der Waals surface area contributed by atoms with Crippen molar-refractivity contribution < 1.29 is 0 Å². The van der Waals surface area contributed by atoms with Gasteiger partial charge in [0.05, 0.1) is 4.99 Å². The lowest BCUT2D eigenvalue weighted by Gasteiger charge is -2.21. The Kier molecular flexibility index (Phi) is 5.96. The number of anilines is 2. The van der Waals surface area contributed by atoms with E-state index < -0.39 is 0 Å². The van der Waals surface area contributed by atoms with Gasteiger partial charge in [-0.15, -0.1) is 0 Å². The number of rotatable bonds is 6. The first kappa shape index (κ1) is 16.5. The van der Waals surface area contributed by atoms with E-state index in [1.807, 2.05) is 18.2 Å². The first-order valence-electron chi connectivity index (χ1n) is 7.86. The molecule has 0 aliphatic heterocycles. The van der Waals surface area contributed by atoms with E-state index in [0.29, 0.717) is 0 Å². The zero-order valence-corrected chi connectivity index (χ0v) is 14.4.